The van der Waals surface area contributed by atoms with Crippen molar-refractivity contribution in [3.8, 4) is 11.4 Å². The molecule has 0 saturated heterocycles. The van der Waals surface area contributed by atoms with Crippen LogP contribution in [0.25, 0.3) is 11.4 Å². The van der Waals surface area contributed by atoms with Crippen LogP contribution < -0.4 is 5.32 Å². The SMILES string of the molecule is CC1(C)Cc2nc(-c3ccncc3)ncc2[C@H](NC(=O)CCc2ccccc2)C1. The van der Waals surface area contributed by atoms with Gasteiger partial charge in [0, 0.05) is 36.1 Å². The minimum atomic E-state index is -0.0523. The average molecular weight is 386 g/mol. The quantitative estimate of drug-likeness (QED) is 0.710. The largest absolute Gasteiger partial charge is 0.349 e. The van der Waals surface area contributed by atoms with Gasteiger partial charge in [0.05, 0.1) is 11.7 Å². The van der Waals surface area contributed by atoms with E-state index in [1.165, 1.54) is 5.56 Å². The molecule has 4 rings (SSSR count). The number of rotatable bonds is 5. The molecule has 5 nitrogen and oxygen atoms in total. The van der Waals surface area contributed by atoms with E-state index in [2.05, 4.69) is 41.3 Å². The fourth-order valence-corrected chi connectivity index (χ4v) is 3.99. The fraction of sp³-hybridized carbons (Fsp3) is 0.333. The average Bonchev–Trinajstić information content (AvgIpc) is 2.72. The Labute approximate surface area is 171 Å². The highest BCUT2D eigenvalue weighted by Gasteiger charge is 2.34. The van der Waals surface area contributed by atoms with Gasteiger partial charge in [0.2, 0.25) is 5.91 Å². The predicted octanol–water partition coefficient (Wildman–Crippen LogP) is 4.30. The van der Waals surface area contributed by atoms with E-state index in [-0.39, 0.29) is 17.4 Å². The molecule has 2 aromatic heterocycles. The summed E-state index contributed by atoms with van der Waals surface area (Å²) in [7, 11) is 0. The Morgan fingerprint density at radius 1 is 1.14 bits per heavy atom. The fourth-order valence-electron chi connectivity index (χ4n) is 3.99. The highest BCUT2D eigenvalue weighted by atomic mass is 16.1. The number of nitrogens with one attached hydrogen (secondary N) is 1. The summed E-state index contributed by atoms with van der Waals surface area (Å²) in [6.45, 7) is 4.46. The van der Waals surface area contributed by atoms with E-state index in [9.17, 15) is 4.79 Å². The van der Waals surface area contributed by atoms with Crippen LogP contribution in [-0.4, -0.2) is 20.9 Å². The number of benzene rings is 1. The maximum Gasteiger partial charge on any atom is 0.220 e. The van der Waals surface area contributed by atoms with Gasteiger partial charge in [-0.3, -0.25) is 9.78 Å². The van der Waals surface area contributed by atoms with E-state index >= 15 is 0 Å². The number of carbonyl (C=O) groups excluding carboxylic acids is 1. The van der Waals surface area contributed by atoms with Crippen molar-refractivity contribution in [3.05, 3.63) is 77.9 Å². The van der Waals surface area contributed by atoms with Crippen LogP contribution >= 0.6 is 0 Å². The molecule has 0 saturated carbocycles. The molecule has 1 aromatic carbocycles. The zero-order chi connectivity index (χ0) is 20.3. The van der Waals surface area contributed by atoms with Crippen molar-refractivity contribution >= 4 is 5.91 Å². The van der Waals surface area contributed by atoms with Gasteiger partial charge in [-0.1, -0.05) is 44.2 Å². The van der Waals surface area contributed by atoms with Gasteiger partial charge in [-0.25, -0.2) is 9.97 Å². The molecule has 0 spiro atoms. The van der Waals surface area contributed by atoms with Crippen molar-refractivity contribution in [3.63, 3.8) is 0 Å². The van der Waals surface area contributed by atoms with Gasteiger partial charge in [0.25, 0.3) is 0 Å². The second-order valence-electron chi connectivity index (χ2n) is 8.48. The highest BCUT2D eigenvalue weighted by Crippen LogP contribution is 2.40. The summed E-state index contributed by atoms with van der Waals surface area (Å²) in [4.78, 5) is 26.1. The lowest BCUT2D eigenvalue weighted by molar-refractivity contribution is -0.122. The number of aryl methyl sites for hydroxylation is 1. The third kappa shape index (κ3) is 4.67. The lowest BCUT2D eigenvalue weighted by Gasteiger charge is -2.36. The number of carbonyl (C=O) groups is 1. The molecular formula is C24H26N4O. The zero-order valence-corrected chi connectivity index (χ0v) is 16.9. The standard InChI is InChI=1S/C24H26N4O/c1-24(2)14-20(27-22(29)9-8-17-6-4-3-5-7-17)19-16-26-23(28-21(19)15-24)18-10-12-25-13-11-18/h3-7,10-13,16,20H,8-9,14-15H2,1-2H3,(H,27,29)/t20-/m1/s1. The topological polar surface area (TPSA) is 67.8 Å². The first kappa shape index (κ1) is 19.2. The van der Waals surface area contributed by atoms with Crippen LogP contribution in [0.1, 0.15) is 49.6 Å². The molecule has 29 heavy (non-hydrogen) atoms. The number of fused-ring (bicyclic) bond motifs is 1. The van der Waals surface area contributed by atoms with Gasteiger partial charge >= 0.3 is 0 Å². The third-order valence-electron chi connectivity index (χ3n) is 5.44. The molecule has 5 heteroatoms. The summed E-state index contributed by atoms with van der Waals surface area (Å²) >= 11 is 0. The minimum Gasteiger partial charge on any atom is -0.349 e. The maximum absolute atomic E-state index is 12.6. The highest BCUT2D eigenvalue weighted by molar-refractivity contribution is 5.76. The normalized spacial score (nSPS) is 17.4. The lowest BCUT2D eigenvalue weighted by Crippen LogP contribution is -2.37. The van der Waals surface area contributed by atoms with E-state index in [1.54, 1.807) is 12.4 Å². The van der Waals surface area contributed by atoms with Crippen molar-refractivity contribution < 1.29 is 4.79 Å². The molecule has 0 unspecified atom stereocenters. The van der Waals surface area contributed by atoms with Crippen LogP contribution in [0.4, 0.5) is 0 Å². The minimum absolute atomic E-state index is 0.0523. The van der Waals surface area contributed by atoms with Crippen molar-refractivity contribution in [1.29, 1.82) is 0 Å². The molecule has 0 bridgehead atoms. The first-order valence-corrected chi connectivity index (χ1v) is 10.1. The Hall–Kier alpha value is -3.08. The Bertz CT molecular complexity index is 986. The van der Waals surface area contributed by atoms with Crippen molar-refractivity contribution in [2.45, 2.75) is 45.6 Å². The number of hydrogen-bond donors (Lipinski definition) is 1. The van der Waals surface area contributed by atoms with Crippen LogP contribution in [0.15, 0.2) is 61.1 Å². The molecule has 0 radical (unpaired) electrons. The van der Waals surface area contributed by atoms with Crippen LogP contribution in [0, 0.1) is 5.41 Å². The van der Waals surface area contributed by atoms with Crippen LogP contribution in [-0.2, 0) is 17.6 Å². The van der Waals surface area contributed by atoms with Gasteiger partial charge in [-0.05, 0) is 42.4 Å². The summed E-state index contributed by atoms with van der Waals surface area (Å²) in [6, 6.07) is 13.9. The van der Waals surface area contributed by atoms with E-state index in [0.29, 0.717) is 12.2 Å². The molecule has 2 heterocycles. The molecule has 1 aliphatic carbocycles. The molecule has 1 N–H and O–H groups in total. The summed E-state index contributed by atoms with van der Waals surface area (Å²) < 4.78 is 0. The zero-order valence-electron chi connectivity index (χ0n) is 16.9. The summed E-state index contributed by atoms with van der Waals surface area (Å²) in [5.74, 6) is 0.777. The van der Waals surface area contributed by atoms with Crippen molar-refractivity contribution in [1.82, 2.24) is 20.3 Å². The third-order valence-corrected chi connectivity index (χ3v) is 5.44. The Morgan fingerprint density at radius 2 is 1.90 bits per heavy atom. The molecule has 3 aromatic rings. The van der Waals surface area contributed by atoms with Gasteiger partial charge in [0.15, 0.2) is 5.82 Å². The lowest BCUT2D eigenvalue weighted by atomic mass is 9.74. The van der Waals surface area contributed by atoms with Gasteiger partial charge < -0.3 is 5.32 Å². The summed E-state index contributed by atoms with van der Waals surface area (Å²) in [5.41, 5.74) is 4.26. The number of pyridine rings is 1. The first-order valence-electron chi connectivity index (χ1n) is 10.1. The molecule has 1 aliphatic rings. The number of aromatic nitrogens is 3. The molecule has 0 fully saturated rings. The first-order chi connectivity index (χ1) is 14.0. The predicted molar refractivity (Wildman–Crippen MR) is 113 cm³/mol. The van der Waals surface area contributed by atoms with Crippen LogP contribution in [0.2, 0.25) is 0 Å². The smallest absolute Gasteiger partial charge is 0.220 e. The van der Waals surface area contributed by atoms with E-state index in [4.69, 9.17) is 4.98 Å². The Morgan fingerprint density at radius 3 is 2.66 bits per heavy atom. The van der Waals surface area contributed by atoms with Gasteiger partial charge in [-0.15, -0.1) is 0 Å². The number of nitrogens with zero attached hydrogens (tertiary/aromatic N) is 3. The van der Waals surface area contributed by atoms with Crippen molar-refractivity contribution in [2.24, 2.45) is 5.41 Å². The van der Waals surface area contributed by atoms with E-state index in [1.807, 2.05) is 36.5 Å². The second-order valence-corrected chi connectivity index (χ2v) is 8.48. The molecule has 0 aliphatic heterocycles. The second kappa shape index (κ2) is 8.11. The number of amides is 1. The monoisotopic (exact) mass is 386 g/mol. The van der Waals surface area contributed by atoms with Crippen LogP contribution in [0.5, 0.6) is 0 Å². The molecular weight excluding hydrogens is 360 g/mol. The van der Waals surface area contributed by atoms with Crippen molar-refractivity contribution in [2.75, 3.05) is 0 Å². The summed E-state index contributed by atoms with van der Waals surface area (Å²) in [6.07, 6.45) is 8.36. The summed E-state index contributed by atoms with van der Waals surface area (Å²) in [5, 5.41) is 3.23. The number of hydrogen-bond acceptors (Lipinski definition) is 4. The molecule has 148 valence electrons. The van der Waals surface area contributed by atoms with E-state index < -0.39 is 0 Å². The van der Waals surface area contributed by atoms with E-state index in [0.717, 1.165) is 36.1 Å². The van der Waals surface area contributed by atoms with Crippen LogP contribution in [0.3, 0.4) is 0 Å². The maximum atomic E-state index is 12.6. The molecule has 1 atom stereocenters. The van der Waals surface area contributed by atoms with Gasteiger partial charge in [0.1, 0.15) is 0 Å². The Kier molecular flexibility index (Phi) is 5.38. The molecule has 1 amide bonds. The van der Waals surface area contributed by atoms with Gasteiger partial charge in [-0.2, -0.15) is 0 Å². The Balaban J connectivity index is 1.52.